The molecule has 1 aliphatic heterocycles. The van der Waals surface area contributed by atoms with Crippen LogP contribution in [0.1, 0.15) is 34.1 Å². The van der Waals surface area contributed by atoms with Crippen molar-refractivity contribution in [1.82, 2.24) is 10.2 Å². The predicted molar refractivity (Wildman–Crippen MR) is 81.5 cm³/mol. The molecule has 3 N–H and O–H groups in total. The van der Waals surface area contributed by atoms with E-state index in [9.17, 15) is 4.79 Å². The van der Waals surface area contributed by atoms with Gasteiger partial charge in [-0.05, 0) is 19.3 Å². The average molecular weight is 285 g/mol. The summed E-state index contributed by atoms with van der Waals surface area (Å²) in [4.78, 5) is 14.5. The first-order valence-electron chi connectivity index (χ1n) is 7.77. The molecule has 3 unspecified atom stereocenters. The van der Waals surface area contributed by atoms with Gasteiger partial charge in [0.15, 0.2) is 0 Å². The fourth-order valence-corrected chi connectivity index (χ4v) is 2.47. The average Bonchev–Trinajstić information content (AvgIpc) is 2.42. The zero-order valence-corrected chi connectivity index (χ0v) is 13.4. The number of carbonyl (C=O) groups excluding carboxylic acids is 1. The van der Waals surface area contributed by atoms with E-state index in [-0.39, 0.29) is 17.9 Å². The van der Waals surface area contributed by atoms with E-state index in [1.807, 2.05) is 13.8 Å². The molecule has 0 aromatic rings. The number of morpholine rings is 1. The number of amides is 1. The molecule has 0 bridgehead atoms. The minimum Gasteiger partial charge on any atom is -0.379 e. The lowest BCUT2D eigenvalue weighted by Gasteiger charge is -2.35. The van der Waals surface area contributed by atoms with Crippen LogP contribution < -0.4 is 11.1 Å². The third-order valence-corrected chi connectivity index (χ3v) is 4.02. The predicted octanol–water partition coefficient (Wildman–Crippen LogP) is 0.833. The Bertz CT molecular complexity index is 289. The molecular weight excluding hydrogens is 254 g/mol. The van der Waals surface area contributed by atoms with Gasteiger partial charge < -0.3 is 15.8 Å². The second kappa shape index (κ2) is 8.60. The molecule has 3 atom stereocenters. The summed E-state index contributed by atoms with van der Waals surface area (Å²) < 4.78 is 5.40. The van der Waals surface area contributed by atoms with Crippen LogP contribution in [0, 0.1) is 11.8 Å². The van der Waals surface area contributed by atoms with Crippen molar-refractivity contribution in [2.24, 2.45) is 17.6 Å². The maximum atomic E-state index is 12.0. The summed E-state index contributed by atoms with van der Waals surface area (Å²) in [5.41, 5.74) is 5.78. The third kappa shape index (κ3) is 5.77. The molecule has 5 nitrogen and oxygen atoms in total. The normalized spacial score (nSPS) is 21.5. The van der Waals surface area contributed by atoms with Crippen molar-refractivity contribution in [3.8, 4) is 0 Å². The summed E-state index contributed by atoms with van der Waals surface area (Å²) >= 11 is 0. The number of nitrogens with one attached hydrogen (secondary N) is 1. The number of carbonyl (C=O) groups is 1. The zero-order chi connectivity index (χ0) is 15.1. The SMILES string of the molecule is CC(C)CC(CNC(=O)C(C)C(C)N)N1CCOCC1. The van der Waals surface area contributed by atoms with Gasteiger partial charge in [-0.25, -0.2) is 0 Å². The standard InChI is InChI=1S/C15H31N3O2/c1-11(2)9-14(18-5-7-20-8-6-18)10-17-15(19)12(3)13(4)16/h11-14H,5-10,16H2,1-4H3,(H,17,19). The third-order valence-electron chi connectivity index (χ3n) is 4.02. The van der Waals surface area contributed by atoms with E-state index in [2.05, 4.69) is 24.1 Å². The Morgan fingerprint density at radius 2 is 1.85 bits per heavy atom. The Morgan fingerprint density at radius 1 is 1.25 bits per heavy atom. The maximum absolute atomic E-state index is 12.0. The Morgan fingerprint density at radius 3 is 2.35 bits per heavy atom. The molecule has 0 saturated carbocycles. The second-order valence-corrected chi connectivity index (χ2v) is 6.32. The largest absolute Gasteiger partial charge is 0.379 e. The van der Waals surface area contributed by atoms with E-state index in [1.165, 1.54) is 0 Å². The Balaban J connectivity index is 2.49. The molecule has 0 spiro atoms. The van der Waals surface area contributed by atoms with Crippen LogP contribution in [0.4, 0.5) is 0 Å². The molecule has 0 aromatic carbocycles. The highest BCUT2D eigenvalue weighted by Gasteiger charge is 2.24. The number of ether oxygens (including phenoxy) is 1. The van der Waals surface area contributed by atoms with Gasteiger partial charge >= 0.3 is 0 Å². The Kier molecular flexibility index (Phi) is 7.48. The number of nitrogens with zero attached hydrogens (tertiary/aromatic N) is 1. The maximum Gasteiger partial charge on any atom is 0.224 e. The summed E-state index contributed by atoms with van der Waals surface area (Å²) in [5, 5.41) is 3.07. The molecule has 0 radical (unpaired) electrons. The summed E-state index contributed by atoms with van der Waals surface area (Å²) in [5.74, 6) is 0.534. The first-order chi connectivity index (χ1) is 9.41. The van der Waals surface area contributed by atoms with Crippen LogP contribution in [-0.4, -0.2) is 55.7 Å². The topological polar surface area (TPSA) is 67.6 Å². The van der Waals surface area contributed by atoms with Gasteiger partial charge in [0.2, 0.25) is 5.91 Å². The van der Waals surface area contributed by atoms with Crippen molar-refractivity contribution in [3.63, 3.8) is 0 Å². The molecule has 1 heterocycles. The monoisotopic (exact) mass is 285 g/mol. The van der Waals surface area contributed by atoms with E-state index in [0.717, 1.165) is 32.7 Å². The van der Waals surface area contributed by atoms with Crippen LogP contribution in [0.2, 0.25) is 0 Å². The van der Waals surface area contributed by atoms with Gasteiger partial charge in [-0.15, -0.1) is 0 Å². The summed E-state index contributed by atoms with van der Waals surface area (Å²) in [7, 11) is 0. The molecule has 0 aromatic heterocycles. The van der Waals surface area contributed by atoms with Gasteiger partial charge in [-0.2, -0.15) is 0 Å². The summed E-state index contributed by atoms with van der Waals surface area (Å²) in [6, 6.07) is 0.282. The van der Waals surface area contributed by atoms with Gasteiger partial charge in [0, 0.05) is 37.6 Å². The van der Waals surface area contributed by atoms with Gasteiger partial charge in [0.25, 0.3) is 0 Å². The molecule has 1 saturated heterocycles. The molecule has 5 heteroatoms. The van der Waals surface area contributed by atoms with Crippen molar-refractivity contribution in [3.05, 3.63) is 0 Å². The molecule has 1 fully saturated rings. The van der Waals surface area contributed by atoms with Crippen LogP contribution in [0.3, 0.4) is 0 Å². The fourth-order valence-electron chi connectivity index (χ4n) is 2.47. The number of hydrogen-bond donors (Lipinski definition) is 2. The fraction of sp³-hybridized carbons (Fsp3) is 0.933. The highest BCUT2D eigenvalue weighted by Crippen LogP contribution is 2.13. The Hall–Kier alpha value is -0.650. The quantitative estimate of drug-likeness (QED) is 0.727. The highest BCUT2D eigenvalue weighted by molar-refractivity contribution is 5.78. The first-order valence-corrected chi connectivity index (χ1v) is 7.77. The highest BCUT2D eigenvalue weighted by atomic mass is 16.5. The number of nitrogens with two attached hydrogens (primary N) is 1. The molecule has 1 aliphatic rings. The van der Waals surface area contributed by atoms with E-state index in [0.29, 0.717) is 18.5 Å². The lowest BCUT2D eigenvalue weighted by molar-refractivity contribution is -0.125. The van der Waals surface area contributed by atoms with Gasteiger partial charge in [0.05, 0.1) is 13.2 Å². The molecule has 118 valence electrons. The molecule has 1 rings (SSSR count). The van der Waals surface area contributed by atoms with Crippen molar-refractivity contribution >= 4 is 5.91 Å². The van der Waals surface area contributed by atoms with Crippen molar-refractivity contribution in [2.75, 3.05) is 32.8 Å². The molecule has 1 amide bonds. The smallest absolute Gasteiger partial charge is 0.224 e. The summed E-state index contributed by atoms with van der Waals surface area (Å²) in [6.07, 6.45) is 1.09. The molecule has 0 aliphatic carbocycles. The van der Waals surface area contributed by atoms with Crippen LogP contribution in [0.25, 0.3) is 0 Å². The van der Waals surface area contributed by atoms with E-state index >= 15 is 0 Å². The van der Waals surface area contributed by atoms with E-state index < -0.39 is 0 Å². The number of hydrogen-bond acceptors (Lipinski definition) is 4. The molecular formula is C15H31N3O2. The van der Waals surface area contributed by atoms with Gasteiger partial charge in [0.1, 0.15) is 0 Å². The lowest BCUT2D eigenvalue weighted by atomic mass is 10.0. The Labute approximate surface area is 123 Å². The van der Waals surface area contributed by atoms with E-state index in [4.69, 9.17) is 10.5 Å². The van der Waals surface area contributed by atoms with E-state index in [1.54, 1.807) is 0 Å². The van der Waals surface area contributed by atoms with Gasteiger partial charge in [-0.3, -0.25) is 9.69 Å². The van der Waals surface area contributed by atoms with Crippen LogP contribution in [-0.2, 0) is 9.53 Å². The zero-order valence-electron chi connectivity index (χ0n) is 13.4. The first kappa shape index (κ1) is 17.4. The van der Waals surface area contributed by atoms with Gasteiger partial charge in [-0.1, -0.05) is 20.8 Å². The van der Waals surface area contributed by atoms with Crippen LogP contribution >= 0.6 is 0 Å². The van der Waals surface area contributed by atoms with Crippen molar-refractivity contribution in [1.29, 1.82) is 0 Å². The lowest BCUT2D eigenvalue weighted by Crippen LogP contribution is -2.50. The second-order valence-electron chi connectivity index (χ2n) is 6.32. The summed E-state index contributed by atoms with van der Waals surface area (Å²) in [6.45, 7) is 12.4. The van der Waals surface area contributed by atoms with Crippen LogP contribution in [0.5, 0.6) is 0 Å². The van der Waals surface area contributed by atoms with Crippen LogP contribution in [0.15, 0.2) is 0 Å². The van der Waals surface area contributed by atoms with Crippen molar-refractivity contribution < 1.29 is 9.53 Å². The van der Waals surface area contributed by atoms with Crippen molar-refractivity contribution in [2.45, 2.75) is 46.2 Å². The molecule has 20 heavy (non-hydrogen) atoms. The minimum absolute atomic E-state index is 0.0574. The minimum atomic E-state index is -0.139. The number of rotatable bonds is 7.